The maximum Gasteiger partial charge on any atom is 0.263 e. The van der Waals surface area contributed by atoms with E-state index in [0.717, 1.165) is 40.9 Å². The molecular formula is C15H20N4OS. The second-order valence-corrected chi connectivity index (χ2v) is 6.51. The maximum absolute atomic E-state index is 12.3. The number of carbonyl (C=O) groups excluding carboxylic acids is 1. The van der Waals surface area contributed by atoms with Crippen LogP contribution in [0.4, 0.5) is 5.69 Å². The highest BCUT2D eigenvalue weighted by Gasteiger charge is 2.24. The summed E-state index contributed by atoms with van der Waals surface area (Å²) in [6.45, 7) is 4.89. The summed E-state index contributed by atoms with van der Waals surface area (Å²) in [5.41, 5.74) is 8.90. The zero-order chi connectivity index (χ0) is 15.0. The molecule has 0 radical (unpaired) electrons. The molecule has 6 heteroatoms. The summed E-state index contributed by atoms with van der Waals surface area (Å²) in [5.74, 6) is 0.574. The van der Waals surface area contributed by atoms with E-state index in [-0.39, 0.29) is 5.91 Å². The third-order valence-corrected chi connectivity index (χ3v) is 5.07. The lowest BCUT2D eigenvalue weighted by molar-refractivity contribution is 0.0956. The number of rotatable bonds is 5. The van der Waals surface area contributed by atoms with Gasteiger partial charge < -0.3 is 11.1 Å². The molecule has 2 aromatic rings. The molecule has 0 bridgehead atoms. The molecule has 0 aromatic carbocycles. The van der Waals surface area contributed by atoms with Crippen LogP contribution in [-0.2, 0) is 12.8 Å². The number of carbonyl (C=O) groups is 1. The molecule has 0 saturated heterocycles. The van der Waals surface area contributed by atoms with Crippen LogP contribution in [0.2, 0.25) is 0 Å². The van der Waals surface area contributed by atoms with Crippen LogP contribution in [0.25, 0.3) is 10.2 Å². The largest absolute Gasteiger partial charge is 0.397 e. The van der Waals surface area contributed by atoms with E-state index < -0.39 is 0 Å². The van der Waals surface area contributed by atoms with Gasteiger partial charge in [0.05, 0.1) is 11.4 Å². The number of aromatic nitrogens is 2. The van der Waals surface area contributed by atoms with Gasteiger partial charge in [0.1, 0.15) is 9.71 Å². The molecule has 5 nitrogen and oxygen atoms in total. The first-order chi connectivity index (χ1) is 10.2. The Labute approximate surface area is 127 Å². The molecular weight excluding hydrogens is 284 g/mol. The SMILES string of the molecule is CCc1nnc2sc(C(=O)NCC3CC3)c(N)c2c1CC. The molecule has 0 atom stereocenters. The molecule has 1 amide bonds. The minimum atomic E-state index is -0.0810. The predicted octanol–water partition coefficient (Wildman–Crippen LogP) is 2.54. The van der Waals surface area contributed by atoms with Crippen molar-refractivity contribution in [1.82, 2.24) is 15.5 Å². The van der Waals surface area contributed by atoms with Crippen LogP contribution in [0.5, 0.6) is 0 Å². The third kappa shape index (κ3) is 2.60. The lowest BCUT2D eigenvalue weighted by atomic mass is 10.1. The lowest BCUT2D eigenvalue weighted by Crippen LogP contribution is -2.25. The van der Waals surface area contributed by atoms with E-state index >= 15 is 0 Å². The number of nitrogens with two attached hydrogens (primary N) is 1. The minimum absolute atomic E-state index is 0.0810. The average molecular weight is 304 g/mol. The van der Waals surface area contributed by atoms with Crippen molar-refractivity contribution < 1.29 is 4.79 Å². The van der Waals surface area contributed by atoms with Gasteiger partial charge in [0.2, 0.25) is 0 Å². The summed E-state index contributed by atoms with van der Waals surface area (Å²) < 4.78 is 0. The van der Waals surface area contributed by atoms with Gasteiger partial charge in [-0.25, -0.2) is 0 Å². The number of nitrogens with zero attached hydrogens (tertiary/aromatic N) is 2. The van der Waals surface area contributed by atoms with Crippen molar-refractivity contribution in [2.45, 2.75) is 39.5 Å². The number of nitrogen functional groups attached to an aromatic ring is 1. The smallest absolute Gasteiger partial charge is 0.263 e. The molecule has 1 aliphatic rings. The Hall–Kier alpha value is -1.69. The molecule has 21 heavy (non-hydrogen) atoms. The standard InChI is InChI=1S/C15H20N4OS/c1-3-9-10(4-2)18-19-15-11(9)12(16)13(21-15)14(20)17-7-8-5-6-8/h8H,3-7,16H2,1-2H3,(H,17,20). The zero-order valence-electron chi connectivity index (χ0n) is 12.4. The summed E-state index contributed by atoms with van der Waals surface area (Å²) in [5, 5.41) is 12.4. The Kier molecular flexibility index (Phi) is 3.80. The summed E-state index contributed by atoms with van der Waals surface area (Å²) in [4.78, 5) is 13.6. The second kappa shape index (κ2) is 5.60. The molecule has 1 fully saturated rings. The zero-order valence-corrected chi connectivity index (χ0v) is 13.2. The Morgan fingerprint density at radius 3 is 2.71 bits per heavy atom. The van der Waals surface area contributed by atoms with Gasteiger partial charge in [-0.2, -0.15) is 5.10 Å². The lowest BCUT2D eigenvalue weighted by Gasteiger charge is -2.06. The molecule has 1 saturated carbocycles. The number of anilines is 1. The van der Waals surface area contributed by atoms with Crippen molar-refractivity contribution in [3.8, 4) is 0 Å². The molecule has 112 valence electrons. The first-order valence-electron chi connectivity index (χ1n) is 7.50. The van der Waals surface area contributed by atoms with Gasteiger partial charge in [-0.1, -0.05) is 13.8 Å². The number of hydrogen-bond donors (Lipinski definition) is 2. The molecule has 3 rings (SSSR count). The van der Waals surface area contributed by atoms with E-state index in [9.17, 15) is 4.79 Å². The van der Waals surface area contributed by atoms with Gasteiger partial charge in [-0.05, 0) is 37.2 Å². The summed E-state index contributed by atoms with van der Waals surface area (Å²) in [7, 11) is 0. The Morgan fingerprint density at radius 1 is 1.33 bits per heavy atom. The van der Waals surface area contributed by atoms with Gasteiger partial charge in [-0.3, -0.25) is 4.79 Å². The minimum Gasteiger partial charge on any atom is -0.397 e. The second-order valence-electron chi connectivity index (χ2n) is 5.51. The number of thiophene rings is 1. The summed E-state index contributed by atoms with van der Waals surface area (Å²) >= 11 is 1.34. The Balaban J connectivity index is 2.00. The number of hydrogen-bond acceptors (Lipinski definition) is 5. The van der Waals surface area contributed by atoms with E-state index in [0.29, 0.717) is 16.5 Å². The molecule has 2 heterocycles. The van der Waals surface area contributed by atoms with Crippen molar-refractivity contribution in [3.05, 3.63) is 16.1 Å². The number of fused-ring (bicyclic) bond motifs is 1. The quantitative estimate of drug-likeness (QED) is 0.889. The highest BCUT2D eigenvalue weighted by atomic mass is 32.1. The van der Waals surface area contributed by atoms with E-state index in [1.807, 2.05) is 0 Å². The Bertz CT molecular complexity index is 691. The van der Waals surface area contributed by atoms with Crippen LogP contribution < -0.4 is 11.1 Å². The van der Waals surface area contributed by atoms with Gasteiger partial charge in [0.25, 0.3) is 5.91 Å². The Morgan fingerprint density at radius 2 is 2.10 bits per heavy atom. The van der Waals surface area contributed by atoms with Crippen molar-refractivity contribution in [1.29, 1.82) is 0 Å². The van der Waals surface area contributed by atoms with Crippen LogP contribution in [0, 0.1) is 5.92 Å². The molecule has 2 aromatic heterocycles. The summed E-state index contributed by atoms with van der Waals surface area (Å²) in [6, 6.07) is 0. The average Bonchev–Trinajstić information content (AvgIpc) is 3.27. The first-order valence-corrected chi connectivity index (χ1v) is 8.31. The van der Waals surface area contributed by atoms with Crippen molar-refractivity contribution in [2.75, 3.05) is 12.3 Å². The van der Waals surface area contributed by atoms with Gasteiger partial charge >= 0.3 is 0 Å². The molecule has 3 N–H and O–H groups in total. The monoisotopic (exact) mass is 304 g/mol. The predicted molar refractivity (Wildman–Crippen MR) is 85.6 cm³/mol. The fraction of sp³-hybridized carbons (Fsp3) is 0.533. The number of aryl methyl sites for hydroxylation is 2. The van der Waals surface area contributed by atoms with Crippen molar-refractivity contribution >= 4 is 33.1 Å². The van der Waals surface area contributed by atoms with Crippen molar-refractivity contribution in [3.63, 3.8) is 0 Å². The third-order valence-electron chi connectivity index (χ3n) is 3.98. The topological polar surface area (TPSA) is 80.9 Å². The van der Waals surface area contributed by atoms with Crippen LogP contribution in [0.15, 0.2) is 0 Å². The summed E-state index contributed by atoms with van der Waals surface area (Å²) in [6.07, 6.45) is 4.10. The van der Waals surface area contributed by atoms with Crippen LogP contribution in [0.3, 0.4) is 0 Å². The number of amides is 1. The molecule has 1 aliphatic carbocycles. The fourth-order valence-electron chi connectivity index (χ4n) is 2.58. The molecule has 0 aliphatic heterocycles. The van der Waals surface area contributed by atoms with Gasteiger partial charge in [-0.15, -0.1) is 16.4 Å². The van der Waals surface area contributed by atoms with Crippen LogP contribution in [0.1, 0.15) is 47.6 Å². The molecule has 0 spiro atoms. The van der Waals surface area contributed by atoms with Crippen LogP contribution >= 0.6 is 11.3 Å². The number of nitrogens with one attached hydrogen (secondary N) is 1. The maximum atomic E-state index is 12.3. The van der Waals surface area contributed by atoms with E-state index in [2.05, 4.69) is 29.4 Å². The van der Waals surface area contributed by atoms with E-state index in [4.69, 9.17) is 5.73 Å². The van der Waals surface area contributed by atoms with E-state index in [1.165, 1.54) is 24.2 Å². The molecule has 0 unspecified atom stereocenters. The fourth-order valence-corrected chi connectivity index (χ4v) is 3.56. The van der Waals surface area contributed by atoms with Gasteiger partial charge in [0, 0.05) is 11.9 Å². The van der Waals surface area contributed by atoms with Crippen molar-refractivity contribution in [2.24, 2.45) is 5.92 Å². The highest BCUT2D eigenvalue weighted by molar-refractivity contribution is 7.21. The van der Waals surface area contributed by atoms with Crippen LogP contribution in [-0.4, -0.2) is 22.6 Å². The highest BCUT2D eigenvalue weighted by Crippen LogP contribution is 2.36. The normalized spacial score (nSPS) is 14.6. The first kappa shape index (κ1) is 14.3. The van der Waals surface area contributed by atoms with E-state index in [1.54, 1.807) is 0 Å². The van der Waals surface area contributed by atoms with Gasteiger partial charge in [0.15, 0.2) is 0 Å².